The second-order valence-electron chi connectivity index (χ2n) is 19.6. The summed E-state index contributed by atoms with van der Waals surface area (Å²) in [5, 5.41) is 23.2. The molecule has 0 radical (unpaired) electrons. The van der Waals surface area contributed by atoms with Crippen LogP contribution in [-0.4, -0.2) is 44.3 Å². The van der Waals surface area contributed by atoms with Crippen LogP contribution in [0.5, 0.6) is 0 Å². The van der Waals surface area contributed by atoms with Crippen LogP contribution in [0.2, 0.25) is 20.1 Å². The molecule has 0 saturated carbocycles. The topological polar surface area (TPSA) is 97.9 Å². The molecule has 68 heavy (non-hydrogen) atoms. The molecule has 0 aliphatic heterocycles. The number of benzene rings is 5. The lowest BCUT2D eigenvalue weighted by molar-refractivity contribution is 0.591. The zero-order chi connectivity index (χ0) is 49.8. The van der Waals surface area contributed by atoms with Crippen molar-refractivity contribution >= 4 is 101 Å². The third kappa shape index (κ3) is 12.3. The van der Waals surface area contributed by atoms with Gasteiger partial charge >= 0.3 is 0 Å². The van der Waals surface area contributed by atoms with Crippen LogP contribution < -0.4 is 0 Å². The smallest absolute Gasteiger partial charge is 0.0932 e. The number of nitrogens with zero attached hydrogens (tertiary/aromatic N) is 7. The summed E-state index contributed by atoms with van der Waals surface area (Å²) < 4.78 is 5.96. The number of fused-ring (bicyclic) bond motifs is 5. The highest BCUT2D eigenvalue weighted by Gasteiger charge is 2.15. The number of halogens is 4. The van der Waals surface area contributed by atoms with Gasteiger partial charge in [-0.1, -0.05) is 129 Å². The monoisotopic (exact) mass is 991 g/mol. The Morgan fingerprint density at radius 1 is 0.529 bits per heavy atom. The zero-order valence-electron chi connectivity index (χ0n) is 41.8. The second-order valence-corrected chi connectivity index (χ2v) is 21.3. The van der Waals surface area contributed by atoms with Crippen LogP contribution in [0.4, 0.5) is 0 Å². The summed E-state index contributed by atoms with van der Waals surface area (Å²) in [6.07, 6.45) is 9.37. The molecule has 0 unspecified atom stereocenters. The van der Waals surface area contributed by atoms with Crippen molar-refractivity contribution in [3.05, 3.63) is 152 Å². The van der Waals surface area contributed by atoms with Crippen LogP contribution in [0.3, 0.4) is 0 Å². The van der Waals surface area contributed by atoms with Crippen molar-refractivity contribution < 1.29 is 0 Å². The fourth-order valence-corrected chi connectivity index (χ4v) is 9.19. The number of aromatic amines is 2. The molecular formula is C55H65Cl4N9. The average Bonchev–Trinajstić information content (AvgIpc) is 4.13. The Labute approximate surface area is 421 Å². The van der Waals surface area contributed by atoms with Crippen LogP contribution in [-0.2, 0) is 26.6 Å². The Bertz CT molecular complexity index is 3110. The summed E-state index contributed by atoms with van der Waals surface area (Å²) in [6.45, 7) is 24.0. The van der Waals surface area contributed by atoms with Gasteiger partial charge < -0.3 is 9.55 Å². The number of rotatable bonds is 4. The number of hydrogen-bond acceptors (Lipinski definition) is 4. The van der Waals surface area contributed by atoms with Gasteiger partial charge in [-0.3, -0.25) is 14.5 Å². The summed E-state index contributed by atoms with van der Waals surface area (Å²) in [4.78, 5) is 7.33. The van der Waals surface area contributed by atoms with Crippen molar-refractivity contribution in [3.8, 4) is 0 Å². The molecular weight excluding hydrogens is 928 g/mol. The van der Waals surface area contributed by atoms with E-state index in [2.05, 4.69) is 149 Å². The van der Waals surface area contributed by atoms with Gasteiger partial charge in [-0.05, 0) is 129 Å². The van der Waals surface area contributed by atoms with Crippen LogP contribution in [0, 0.1) is 0 Å². The Morgan fingerprint density at radius 3 is 1.53 bits per heavy atom. The predicted octanol–water partition coefficient (Wildman–Crippen LogP) is 16.9. The van der Waals surface area contributed by atoms with E-state index in [4.69, 9.17) is 46.4 Å². The highest BCUT2D eigenvalue weighted by atomic mass is 35.5. The standard InChI is InChI=1S/C13H17N.2C11H13ClN2.2C10H11ClN2/c1-13(2,3)11-5-6-12-10(9-11)7-8-14(12)4;2*1-7(2)10-5-9(12)4-8-6-13-14(3)11(8)10;1-6(2)8-3-7(11)4-10-9(8)5-12-13-10;1-6(2)8-3-7(11)4-9-10(8)13-5-12-9/h5-9H,1-4H3;2*4-7H,1-3H3;2*3-6H,1-2H3,(H,12,13). The molecule has 5 heterocycles. The van der Waals surface area contributed by atoms with E-state index >= 15 is 0 Å². The fraction of sp³-hybridized carbons (Fsp3) is 0.345. The molecule has 10 rings (SSSR count). The van der Waals surface area contributed by atoms with Gasteiger partial charge in [-0.25, -0.2) is 4.98 Å². The van der Waals surface area contributed by atoms with Crippen molar-refractivity contribution in [2.75, 3.05) is 0 Å². The van der Waals surface area contributed by atoms with E-state index in [1.54, 1.807) is 6.33 Å². The van der Waals surface area contributed by atoms with Gasteiger partial charge in [0.15, 0.2) is 0 Å². The molecule has 5 aromatic heterocycles. The van der Waals surface area contributed by atoms with Crippen molar-refractivity contribution in [1.82, 2.24) is 44.3 Å². The van der Waals surface area contributed by atoms with E-state index in [1.807, 2.05) is 90.6 Å². The first kappa shape index (κ1) is 52.1. The van der Waals surface area contributed by atoms with Crippen molar-refractivity contribution in [1.29, 1.82) is 0 Å². The van der Waals surface area contributed by atoms with Crippen LogP contribution in [0.1, 0.15) is 128 Å². The first-order valence-electron chi connectivity index (χ1n) is 23.1. The minimum atomic E-state index is 0.240. The number of nitrogens with one attached hydrogen (secondary N) is 2. The van der Waals surface area contributed by atoms with Gasteiger partial charge in [0, 0.05) is 69.1 Å². The van der Waals surface area contributed by atoms with Crippen molar-refractivity contribution in [3.63, 3.8) is 0 Å². The molecule has 9 nitrogen and oxygen atoms in total. The summed E-state index contributed by atoms with van der Waals surface area (Å²) in [7, 11) is 6.00. The van der Waals surface area contributed by atoms with E-state index in [1.165, 1.54) is 55.1 Å². The van der Waals surface area contributed by atoms with E-state index in [0.29, 0.717) is 23.7 Å². The molecule has 0 atom stereocenters. The minimum absolute atomic E-state index is 0.240. The molecule has 0 saturated heterocycles. The molecule has 0 aliphatic carbocycles. The minimum Gasteiger partial charge on any atom is -0.351 e. The molecule has 13 heteroatoms. The maximum atomic E-state index is 6.04. The molecule has 5 aromatic carbocycles. The third-order valence-corrected chi connectivity index (χ3v) is 12.8. The molecule has 0 aliphatic rings. The Morgan fingerprint density at radius 2 is 1.01 bits per heavy atom. The van der Waals surface area contributed by atoms with Crippen LogP contribution in [0.15, 0.2) is 104 Å². The highest BCUT2D eigenvalue weighted by molar-refractivity contribution is 6.32. The highest BCUT2D eigenvalue weighted by Crippen LogP contribution is 2.32. The largest absolute Gasteiger partial charge is 0.351 e. The molecule has 10 aromatic rings. The lowest BCUT2D eigenvalue weighted by Gasteiger charge is -2.18. The third-order valence-electron chi connectivity index (χ3n) is 12.0. The number of imidazole rings is 1. The summed E-state index contributed by atoms with van der Waals surface area (Å²) >= 11 is 24.0. The first-order valence-corrected chi connectivity index (χ1v) is 24.6. The molecule has 0 spiro atoms. The summed E-state index contributed by atoms with van der Waals surface area (Å²) in [6, 6.07) is 24.6. The maximum absolute atomic E-state index is 6.04. The van der Waals surface area contributed by atoms with Gasteiger partial charge in [0.1, 0.15) is 0 Å². The predicted molar refractivity (Wildman–Crippen MR) is 292 cm³/mol. The number of aryl methyl sites for hydroxylation is 3. The summed E-state index contributed by atoms with van der Waals surface area (Å²) in [5.74, 6) is 1.85. The Kier molecular flexibility index (Phi) is 16.8. The number of aromatic nitrogens is 9. The van der Waals surface area contributed by atoms with Crippen LogP contribution >= 0.6 is 46.4 Å². The quantitative estimate of drug-likeness (QED) is 0.184. The number of H-pyrrole nitrogens is 2. The van der Waals surface area contributed by atoms with Gasteiger partial charge in [0.2, 0.25) is 0 Å². The lowest BCUT2D eigenvalue weighted by Crippen LogP contribution is -2.10. The SMILES string of the molecule is CC(C)c1cc(Cl)cc2[nH]cnc12.CC(C)c1cc(Cl)cc2[nH]ncc12.CC(C)c1cc(Cl)cc2cnn(C)c12.CC(C)c1cc(Cl)cc2cnn(C)c12.Cn1ccc2cc(C(C)(C)C)ccc21. The first-order chi connectivity index (χ1) is 32.0. The van der Waals surface area contributed by atoms with E-state index in [9.17, 15) is 0 Å². The van der Waals surface area contributed by atoms with Gasteiger partial charge in [-0.2, -0.15) is 15.3 Å². The molecule has 0 bridgehead atoms. The summed E-state index contributed by atoms with van der Waals surface area (Å²) in [5.41, 5.74) is 13.3. The normalized spacial score (nSPS) is 11.6. The average molecular weight is 994 g/mol. The van der Waals surface area contributed by atoms with E-state index < -0.39 is 0 Å². The molecule has 2 N–H and O–H groups in total. The fourth-order valence-electron chi connectivity index (χ4n) is 8.27. The molecule has 358 valence electrons. The zero-order valence-corrected chi connectivity index (χ0v) is 44.8. The van der Waals surface area contributed by atoms with E-state index in [-0.39, 0.29) is 5.41 Å². The van der Waals surface area contributed by atoms with Gasteiger partial charge in [0.05, 0.1) is 52.5 Å². The van der Waals surface area contributed by atoms with Crippen LogP contribution in [0.25, 0.3) is 54.6 Å². The lowest BCUT2D eigenvalue weighted by atomic mass is 9.86. The Hall–Kier alpha value is -5.32. The molecule has 0 amide bonds. The van der Waals surface area contributed by atoms with Gasteiger partial charge in [0.25, 0.3) is 0 Å². The Balaban J connectivity index is 0.000000140. The molecule has 0 fully saturated rings. The maximum Gasteiger partial charge on any atom is 0.0932 e. The van der Waals surface area contributed by atoms with Crippen molar-refractivity contribution in [2.24, 2.45) is 21.1 Å². The number of hydrogen-bond donors (Lipinski definition) is 2. The van der Waals surface area contributed by atoms with Gasteiger partial charge in [-0.15, -0.1) is 0 Å². The van der Waals surface area contributed by atoms with Crippen molar-refractivity contribution in [2.45, 2.75) is 105 Å². The van der Waals surface area contributed by atoms with E-state index in [0.717, 1.165) is 47.4 Å². The second kappa shape index (κ2) is 22.0.